The molecule has 3 aromatic rings. The highest BCUT2D eigenvalue weighted by molar-refractivity contribution is 9.10. The first-order chi connectivity index (χ1) is 10.7. The van der Waals surface area contributed by atoms with Gasteiger partial charge in [0.15, 0.2) is 0 Å². The molecular formula is C18H15BrN2O. The summed E-state index contributed by atoms with van der Waals surface area (Å²) in [6.45, 7) is 0. The van der Waals surface area contributed by atoms with E-state index in [1.165, 1.54) is 0 Å². The number of amides is 1. The predicted molar refractivity (Wildman–Crippen MR) is 92.0 cm³/mol. The Bertz CT molecular complexity index is 864. The summed E-state index contributed by atoms with van der Waals surface area (Å²) in [5.41, 5.74) is 2.63. The maximum Gasteiger partial charge on any atom is 0.235 e. The van der Waals surface area contributed by atoms with Gasteiger partial charge in [-0.1, -0.05) is 40.2 Å². The molecule has 3 nitrogen and oxygen atoms in total. The number of nitrogens with one attached hydrogen (secondary N) is 2. The highest BCUT2D eigenvalue weighted by Gasteiger charge is 2.52. The van der Waals surface area contributed by atoms with E-state index in [2.05, 4.69) is 32.3 Å². The summed E-state index contributed by atoms with van der Waals surface area (Å²) >= 11 is 3.43. The van der Waals surface area contributed by atoms with E-state index in [0.717, 1.165) is 39.5 Å². The molecule has 0 radical (unpaired) electrons. The van der Waals surface area contributed by atoms with Gasteiger partial charge in [-0.3, -0.25) is 4.79 Å². The standard InChI is InChI=1S/C18H15BrN2O/c19-12-4-3-5-13(10-12)21-17(22)18(8-9-18)15-11-20-16-7-2-1-6-14(15)16/h1-7,10-11,20H,8-9H2,(H,21,22). The van der Waals surface area contributed by atoms with Crippen molar-refractivity contribution in [3.63, 3.8) is 0 Å². The van der Waals surface area contributed by atoms with Gasteiger partial charge in [-0.05, 0) is 42.7 Å². The van der Waals surface area contributed by atoms with Crippen molar-refractivity contribution in [3.8, 4) is 0 Å². The highest BCUT2D eigenvalue weighted by atomic mass is 79.9. The van der Waals surface area contributed by atoms with Crippen LogP contribution in [0.1, 0.15) is 18.4 Å². The van der Waals surface area contributed by atoms with E-state index in [-0.39, 0.29) is 11.3 Å². The number of anilines is 1. The molecule has 0 aliphatic heterocycles. The number of halogens is 1. The van der Waals surface area contributed by atoms with Crippen LogP contribution in [0.5, 0.6) is 0 Å². The molecule has 1 heterocycles. The number of carbonyl (C=O) groups excluding carboxylic acids is 1. The third-order valence-corrected chi connectivity index (χ3v) is 4.87. The zero-order chi connectivity index (χ0) is 15.2. The number of aromatic amines is 1. The Labute approximate surface area is 136 Å². The van der Waals surface area contributed by atoms with Crippen LogP contribution < -0.4 is 5.32 Å². The van der Waals surface area contributed by atoms with Gasteiger partial charge < -0.3 is 10.3 Å². The lowest BCUT2D eigenvalue weighted by molar-refractivity contribution is -0.118. The zero-order valence-electron chi connectivity index (χ0n) is 11.9. The van der Waals surface area contributed by atoms with Crippen LogP contribution in [0.15, 0.2) is 59.2 Å². The van der Waals surface area contributed by atoms with E-state index < -0.39 is 0 Å². The number of hydrogen-bond donors (Lipinski definition) is 2. The summed E-state index contributed by atoms with van der Waals surface area (Å²) in [5.74, 6) is 0.0790. The molecule has 0 atom stereocenters. The van der Waals surface area contributed by atoms with Crippen LogP contribution >= 0.6 is 15.9 Å². The van der Waals surface area contributed by atoms with Gasteiger partial charge in [-0.2, -0.15) is 0 Å². The van der Waals surface area contributed by atoms with E-state index in [1.807, 2.05) is 48.7 Å². The molecule has 1 aromatic heterocycles. The van der Waals surface area contributed by atoms with E-state index >= 15 is 0 Å². The van der Waals surface area contributed by atoms with E-state index in [0.29, 0.717) is 0 Å². The molecule has 2 aromatic carbocycles. The van der Waals surface area contributed by atoms with Crippen molar-refractivity contribution in [1.82, 2.24) is 4.98 Å². The van der Waals surface area contributed by atoms with Gasteiger partial charge >= 0.3 is 0 Å². The Morgan fingerprint density at radius 1 is 1.14 bits per heavy atom. The second-order valence-electron chi connectivity index (χ2n) is 5.79. The Morgan fingerprint density at radius 3 is 2.73 bits per heavy atom. The van der Waals surface area contributed by atoms with Crippen molar-refractivity contribution >= 4 is 38.4 Å². The minimum atomic E-state index is -0.387. The number of rotatable bonds is 3. The summed E-state index contributed by atoms with van der Waals surface area (Å²) in [6.07, 6.45) is 3.78. The molecule has 22 heavy (non-hydrogen) atoms. The first kappa shape index (κ1) is 13.6. The summed E-state index contributed by atoms with van der Waals surface area (Å²) in [7, 11) is 0. The summed E-state index contributed by atoms with van der Waals surface area (Å²) in [6, 6.07) is 15.8. The van der Waals surface area contributed by atoms with Gasteiger partial charge in [0.25, 0.3) is 0 Å². The molecule has 1 aliphatic carbocycles. The number of benzene rings is 2. The molecule has 0 spiro atoms. The number of carbonyl (C=O) groups is 1. The maximum atomic E-state index is 12.8. The zero-order valence-corrected chi connectivity index (χ0v) is 13.5. The minimum absolute atomic E-state index is 0.0790. The van der Waals surface area contributed by atoms with Crippen LogP contribution in [0, 0.1) is 0 Å². The molecule has 4 heteroatoms. The molecule has 1 amide bonds. The molecule has 4 rings (SSSR count). The average molecular weight is 355 g/mol. The van der Waals surface area contributed by atoms with Crippen LogP contribution in [0.2, 0.25) is 0 Å². The van der Waals surface area contributed by atoms with Crippen molar-refractivity contribution in [2.45, 2.75) is 18.3 Å². The van der Waals surface area contributed by atoms with Gasteiger partial charge in [0, 0.05) is 27.3 Å². The monoisotopic (exact) mass is 354 g/mol. The van der Waals surface area contributed by atoms with Gasteiger partial charge in [0.2, 0.25) is 5.91 Å². The molecule has 110 valence electrons. The fourth-order valence-corrected chi connectivity index (χ4v) is 3.43. The Balaban J connectivity index is 1.68. The highest BCUT2D eigenvalue weighted by Crippen LogP contribution is 2.51. The minimum Gasteiger partial charge on any atom is -0.361 e. The first-order valence-corrected chi connectivity index (χ1v) is 8.12. The summed E-state index contributed by atoms with van der Waals surface area (Å²) < 4.78 is 0.960. The van der Waals surface area contributed by atoms with Gasteiger partial charge in [-0.15, -0.1) is 0 Å². The lowest BCUT2D eigenvalue weighted by atomic mass is 9.94. The Hall–Kier alpha value is -2.07. The van der Waals surface area contributed by atoms with E-state index in [9.17, 15) is 4.79 Å². The largest absolute Gasteiger partial charge is 0.361 e. The third kappa shape index (κ3) is 2.15. The molecule has 2 N–H and O–H groups in total. The normalized spacial score (nSPS) is 15.7. The van der Waals surface area contributed by atoms with E-state index in [4.69, 9.17) is 0 Å². The summed E-state index contributed by atoms with van der Waals surface area (Å²) in [5, 5.41) is 4.20. The van der Waals surface area contributed by atoms with Crippen LogP contribution in [0.3, 0.4) is 0 Å². The fourth-order valence-electron chi connectivity index (χ4n) is 3.03. The second-order valence-corrected chi connectivity index (χ2v) is 6.71. The lowest BCUT2D eigenvalue weighted by Gasteiger charge is -2.15. The van der Waals surface area contributed by atoms with Gasteiger partial charge in [-0.25, -0.2) is 0 Å². The van der Waals surface area contributed by atoms with Crippen LogP contribution in [0.25, 0.3) is 10.9 Å². The fraction of sp³-hybridized carbons (Fsp3) is 0.167. The number of para-hydroxylation sites is 1. The molecular weight excluding hydrogens is 340 g/mol. The smallest absolute Gasteiger partial charge is 0.235 e. The average Bonchev–Trinajstić information content (AvgIpc) is 3.21. The SMILES string of the molecule is O=C(Nc1cccc(Br)c1)C1(c2c[nH]c3ccccc23)CC1. The molecule has 1 saturated carbocycles. The van der Waals surface area contributed by atoms with Crippen molar-refractivity contribution in [2.24, 2.45) is 0 Å². The second kappa shape index (κ2) is 4.99. The molecule has 1 aliphatic rings. The molecule has 0 bridgehead atoms. The molecule has 0 unspecified atom stereocenters. The van der Waals surface area contributed by atoms with Gasteiger partial charge in [0.1, 0.15) is 0 Å². The maximum absolute atomic E-state index is 12.8. The third-order valence-electron chi connectivity index (χ3n) is 4.37. The number of hydrogen-bond acceptors (Lipinski definition) is 1. The Kier molecular flexibility index (Phi) is 3.08. The number of H-pyrrole nitrogens is 1. The van der Waals surface area contributed by atoms with E-state index in [1.54, 1.807) is 0 Å². The Morgan fingerprint density at radius 2 is 1.95 bits per heavy atom. The number of aromatic nitrogens is 1. The molecule has 0 saturated heterocycles. The van der Waals surface area contributed by atoms with Gasteiger partial charge in [0.05, 0.1) is 5.41 Å². The summed E-state index contributed by atoms with van der Waals surface area (Å²) in [4.78, 5) is 16.1. The van der Waals surface area contributed by atoms with Crippen molar-refractivity contribution < 1.29 is 4.79 Å². The van der Waals surface area contributed by atoms with Crippen LogP contribution in [-0.4, -0.2) is 10.9 Å². The predicted octanol–water partition coefficient (Wildman–Crippen LogP) is 4.60. The topological polar surface area (TPSA) is 44.9 Å². The van der Waals surface area contributed by atoms with Crippen LogP contribution in [0.4, 0.5) is 5.69 Å². The number of fused-ring (bicyclic) bond motifs is 1. The van der Waals surface area contributed by atoms with Crippen molar-refractivity contribution in [1.29, 1.82) is 0 Å². The molecule has 1 fully saturated rings. The van der Waals surface area contributed by atoms with Crippen LogP contribution in [-0.2, 0) is 10.2 Å². The van der Waals surface area contributed by atoms with Crippen molar-refractivity contribution in [2.75, 3.05) is 5.32 Å². The quantitative estimate of drug-likeness (QED) is 0.709. The first-order valence-electron chi connectivity index (χ1n) is 7.33. The lowest BCUT2D eigenvalue weighted by Crippen LogP contribution is -2.27. The van der Waals surface area contributed by atoms with Crippen molar-refractivity contribution in [3.05, 3.63) is 64.8 Å².